The highest BCUT2D eigenvalue weighted by Crippen LogP contribution is 2.15. The summed E-state index contributed by atoms with van der Waals surface area (Å²) in [5.41, 5.74) is 6.01. The smallest absolute Gasteiger partial charge is 0.126 e. The molecule has 0 spiro atoms. The Kier molecular flexibility index (Phi) is 4.39. The van der Waals surface area contributed by atoms with Gasteiger partial charge in [-0.1, -0.05) is 6.08 Å². The second-order valence-corrected chi connectivity index (χ2v) is 3.19. The van der Waals surface area contributed by atoms with Gasteiger partial charge in [0.15, 0.2) is 0 Å². The lowest BCUT2D eigenvalue weighted by Crippen LogP contribution is -2.28. The normalized spacial score (nSPS) is 12.5. The van der Waals surface area contributed by atoms with Crippen molar-refractivity contribution in [2.45, 2.75) is 6.04 Å². The minimum absolute atomic E-state index is 0.256. The van der Waals surface area contributed by atoms with Crippen LogP contribution in [0, 0.1) is 11.6 Å². The van der Waals surface area contributed by atoms with Gasteiger partial charge in [-0.2, -0.15) is 0 Å². The molecule has 1 rings (SSSR count). The highest BCUT2D eigenvalue weighted by atomic mass is 19.1. The molecule has 0 aromatic heterocycles. The number of hydrogen-bond acceptors (Lipinski definition) is 2. The van der Waals surface area contributed by atoms with E-state index in [0.717, 1.165) is 6.07 Å². The van der Waals surface area contributed by atoms with E-state index in [0.29, 0.717) is 12.1 Å². The molecule has 1 aromatic carbocycles. The SMILES string of the molecule is C=CCNC(CN)c1cc(F)cc(F)c1. The third-order valence-electron chi connectivity index (χ3n) is 2.03. The first-order valence-electron chi connectivity index (χ1n) is 4.67. The fourth-order valence-corrected chi connectivity index (χ4v) is 1.34. The maximum atomic E-state index is 12.9. The lowest BCUT2D eigenvalue weighted by Gasteiger charge is -2.16. The van der Waals surface area contributed by atoms with Crippen LogP contribution >= 0.6 is 0 Å². The molecule has 1 atom stereocenters. The zero-order valence-corrected chi connectivity index (χ0v) is 8.34. The minimum Gasteiger partial charge on any atom is -0.329 e. The Morgan fingerprint density at radius 3 is 2.40 bits per heavy atom. The molecule has 3 N–H and O–H groups in total. The zero-order chi connectivity index (χ0) is 11.3. The summed E-state index contributed by atoms with van der Waals surface area (Å²) >= 11 is 0. The molecule has 15 heavy (non-hydrogen) atoms. The topological polar surface area (TPSA) is 38.0 Å². The minimum atomic E-state index is -0.594. The average molecular weight is 212 g/mol. The number of nitrogens with two attached hydrogens (primary N) is 1. The highest BCUT2D eigenvalue weighted by molar-refractivity contribution is 5.21. The number of benzene rings is 1. The third kappa shape index (κ3) is 3.42. The van der Waals surface area contributed by atoms with Crippen LogP contribution in [0.15, 0.2) is 30.9 Å². The van der Waals surface area contributed by atoms with Gasteiger partial charge in [-0.3, -0.25) is 0 Å². The predicted octanol–water partition coefficient (Wildman–Crippen LogP) is 1.74. The molecule has 1 unspecified atom stereocenters. The van der Waals surface area contributed by atoms with Crippen LogP contribution in [0.1, 0.15) is 11.6 Å². The molecule has 0 fully saturated rings. The van der Waals surface area contributed by atoms with Crippen LogP contribution in [0.5, 0.6) is 0 Å². The van der Waals surface area contributed by atoms with Gasteiger partial charge in [-0.05, 0) is 17.7 Å². The van der Waals surface area contributed by atoms with Crippen molar-refractivity contribution in [1.82, 2.24) is 5.32 Å². The standard InChI is InChI=1S/C11H14F2N2/c1-2-3-15-11(7-14)8-4-9(12)6-10(13)5-8/h2,4-6,11,15H,1,3,7,14H2. The molecule has 1 aromatic rings. The van der Waals surface area contributed by atoms with Crippen LogP contribution in [-0.4, -0.2) is 13.1 Å². The van der Waals surface area contributed by atoms with Gasteiger partial charge in [-0.15, -0.1) is 6.58 Å². The van der Waals surface area contributed by atoms with Crippen LogP contribution in [0.25, 0.3) is 0 Å². The Bertz CT molecular complexity index is 319. The number of hydrogen-bond donors (Lipinski definition) is 2. The Labute approximate surface area is 87.8 Å². The van der Waals surface area contributed by atoms with Gasteiger partial charge in [0.05, 0.1) is 0 Å². The summed E-state index contributed by atoms with van der Waals surface area (Å²) in [6.07, 6.45) is 1.66. The summed E-state index contributed by atoms with van der Waals surface area (Å²) in [6, 6.07) is 3.13. The van der Waals surface area contributed by atoms with Gasteiger partial charge >= 0.3 is 0 Å². The van der Waals surface area contributed by atoms with E-state index in [1.165, 1.54) is 12.1 Å². The Balaban J connectivity index is 2.85. The largest absolute Gasteiger partial charge is 0.329 e. The molecule has 0 aliphatic heterocycles. The summed E-state index contributed by atoms with van der Waals surface area (Å²) in [6.45, 7) is 4.36. The monoisotopic (exact) mass is 212 g/mol. The van der Waals surface area contributed by atoms with Gasteiger partial charge in [-0.25, -0.2) is 8.78 Å². The summed E-state index contributed by atoms with van der Waals surface area (Å²) in [4.78, 5) is 0. The first-order chi connectivity index (χ1) is 7.17. The molecular weight excluding hydrogens is 198 g/mol. The van der Waals surface area contributed by atoms with E-state index in [9.17, 15) is 8.78 Å². The molecule has 0 aliphatic carbocycles. The van der Waals surface area contributed by atoms with E-state index >= 15 is 0 Å². The molecular formula is C11H14F2N2. The number of halogens is 2. The molecule has 0 amide bonds. The van der Waals surface area contributed by atoms with Crippen LogP contribution < -0.4 is 11.1 Å². The van der Waals surface area contributed by atoms with Crippen LogP contribution in [0.3, 0.4) is 0 Å². The maximum Gasteiger partial charge on any atom is 0.126 e. The van der Waals surface area contributed by atoms with E-state index < -0.39 is 11.6 Å². The molecule has 0 aliphatic rings. The summed E-state index contributed by atoms with van der Waals surface area (Å²) in [7, 11) is 0. The van der Waals surface area contributed by atoms with Gasteiger partial charge < -0.3 is 11.1 Å². The maximum absolute atomic E-state index is 12.9. The molecule has 0 bridgehead atoms. The van der Waals surface area contributed by atoms with Crippen LogP contribution in [0.4, 0.5) is 8.78 Å². The van der Waals surface area contributed by atoms with E-state index in [-0.39, 0.29) is 12.6 Å². The summed E-state index contributed by atoms with van der Waals surface area (Å²) < 4.78 is 25.8. The van der Waals surface area contributed by atoms with E-state index in [4.69, 9.17) is 5.73 Å². The quantitative estimate of drug-likeness (QED) is 0.729. The van der Waals surface area contributed by atoms with Crippen LogP contribution in [0.2, 0.25) is 0 Å². The van der Waals surface area contributed by atoms with Crippen molar-refractivity contribution >= 4 is 0 Å². The van der Waals surface area contributed by atoms with E-state index in [2.05, 4.69) is 11.9 Å². The highest BCUT2D eigenvalue weighted by Gasteiger charge is 2.10. The van der Waals surface area contributed by atoms with Crippen molar-refractivity contribution in [2.24, 2.45) is 5.73 Å². The van der Waals surface area contributed by atoms with Gasteiger partial charge in [0, 0.05) is 25.2 Å². The summed E-state index contributed by atoms with van der Waals surface area (Å²) in [5, 5.41) is 3.01. The molecule has 0 saturated heterocycles. The van der Waals surface area contributed by atoms with Crippen molar-refractivity contribution in [2.75, 3.05) is 13.1 Å². The number of nitrogens with one attached hydrogen (secondary N) is 1. The van der Waals surface area contributed by atoms with Gasteiger partial charge in [0.1, 0.15) is 11.6 Å². The van der Waals surface area contributed by atoms with Crippen molar-refractivity contribution in [1.29, 1.82) is 0 Å². The van der Waals surface area contributed by atoms with Gasteiger partial charge in [0.2, 0.25) is 0 Å². The van der Waals surface area contributed by atoms with Crippen molar-refractivity contribution in [3.63, 3.8) is 0 Å². The molecule has 0 radical (unpaired) electrons. The first kappa shape index (κ1) is 11.8. The predicted molar refractivity (Wildman–Crippen MR) is 56.4 cm³/mol. The molecule has 0 heterocycles. The molecule has 0 saturated carbocycles. The van der Waals surface area contributed by atoms with Crippen molar-refractivity contribution < 1.29 is 8.78 Å². The Hall–Kier alpha value is -1.26. The van der Waals surface area contributed by atoms with Gasteiger partial charge in [0.25, 0.3) is 0 Å². The zero-order valence-electron chi connectivity index (χ0n) is 8.34. The molecule has 2 nitrogen and oxygen atoms in total. The fourth-order valence-electron chi connectivity index (χ4n) is 1.34. The molecule has 82 valence electrons. The second kappa shape index (κ2) is 5.58. The molecule has 4 heteroatoms. The lowest BCUT2D eigenvalue weighted by molar-refractivity contribution is 0.546. The number of rotatable bonds is 5. The lowest BCUT2D eigenvalue weighted by atomic mass is 10.1. The van der Waals surface area contributed by atoms with Crippen molar-refractivity contribution in [3.8, 4) is 0 Å². The summed E-state index contributed by atoms with van der Waals surface area (Å²) in [5.74, 6) is -1.19. The van der Waals surface area contributed by atoms with E-state index in [1.807, 2.05) is 0 Å². The van der Waals surface area contributed by atoms with Crippen molar-refractivity contribution in [3.05, 3.63) is 48.1 Å². The van der Waals surface area contributed by atoms with E-state index in [1.54, 1.807) is 6.08 Å². The Morgan fingerprint density at radius 2 is 1.93 bits per heavy atom. The van der Waals surface area contributed by atoms with Crippen LogP contribution in [-0.2, 0) is 0 Å². The first-order valence-corrected chi connectivity index (χ1v) is 4.67. The Morgan fingerprint density at radius 1 is 1.33 bits per heavy atom. The average Bonchev–Trinajstić information content (AvgIpc) is 2.17. The third-order valence-corrected chi connectivity index (χ3v) is 2.03. The second-order valence-electron chi connectivity index (χ2n) is 3.19. The fraction of sp³-hybridized carbons (Fsp3) is 0.273.